The predicted octanol–water partition coefficient (Wildman–Crippen LogP) is 3.28. The summed E-state index contributed by atoms with van der Waals surface area (Å²) < 4.78 is 23.9. The Hall–Kier alpha value is -2.16. The summed E-state index contributed by atoms with van der Waals surface area (Å²) in [7, 11) is -3.35. The number of nitrogens with zero attached hydrogens (tertiary/aromatic N) is 2. The molecule has 2 aromatic rings. The van der Waals surface area contributed by atoms with Crippen LogP contribution in [0.5, 0.6) is 0 Å². The standard InChI is InChI=1S/C23H32N4O2S2/c1-31(28,29)22-12-11-19(18-21(22)25-23(24)30)8-4-3-7-13-26-14-16-27(17-15-26)20-9-5-2-6-10-20/h2,5-6,9-12,18H,3-4,7-8,13-17H2,1H3,(H3,24,25,30). The molecule has 1 heterocycles. The number of rotatable bonds is 9. The zero-order valence-electron chi connectivity index (χ0n) is 18.1. The van der Waals surface area contributed by atoms with Crippen molar-refractivity contribution in [1.82, 2.24) is 4.90 Å². The second kappa shape index (κ2) is 10.9. The van der Waals surface area contributed by atoms with Crippen LogP contribution in [0, 0.1) is 0 Å². The van der Waals surface area contributed by atoms with Crippen molar-refractivity contribution in [2.75, 3.05) is 49.2 Å². The van der Waals surface area contributed by atoms with E-state index in [2.05, 4.69) is 45.4 Å². The van der Waals surface area contributed by atoms with Crippen molar-refractivity contribution < 1.29 is 8.42 Å². The van der Waals surface area contributed by atoms with Crippen LogP contribution >= 0.6 is 12.2 Å². The first kappa shape index (κ1) is 23.5. The lowest BCUT2D eigenvalue weighted by molar-refractivity contribution is 0.252. The van der Waals surface area contributed by atoms with E-state index < -0.39 is 9.84 Å². The first-order chi connectivity index (χ1) is 14.8. The van der Waals surface area contributed by atoms with Crippen molar-refractivity contribution in [3.8, 4) is 0 Å². The molecule has 1 aliphatic heterocycles. The van der Waals surface area contributed by atoms with Crippen LogP contribution in [0.3, 0.4) is 0 Å². The molecule has 3 N–H and O–H groups in total. The van der Waals surface area contributed by atoms with Crippen molar-refractivity contribution in [3.63, 3.8) is 0 Å². The van der Waals surface area contributed by atoms with Crippen LogP contribution in [0.4, 0.5) is 11.4 Å². The zero-order chi connectivity index (χ0) is 22.3. The van der Waals surface area contributed by atoms with Gasteiger partial charge in [-0.1, -0.05) is 30.7 Å². The molecule has 1 fully saturated rings. The predicted molar refractivity (Wildman–Crippen MR) is 133 cm³/mol. The van der Waals surface area contributed by atoms with Gasteiger partial charge in [-0.2, -0.15) is 0 Å². The number of nitrogens with one attached hydrogen (secondary N) is 1. The summed E-state index contributed by atoms with van der Waals surface area (Å²) in [6.07, 6.45) is 5.47. The van der Waals surface area contributed by atoms with Crippen LogP contribution in [0.1, 0.15) is 24.8 Å². The molecule has 6 nitrogen and oxygen atoms in total. The van der Waals surface area contributed by atoms with Crippen molar-refractivity contribution in [2.24, 2.45) is 5.73 Å². The molecule has 0 aromatic heterocycles. The Morgan fingerprint density at radius 1 is 1.03 bits per heavy atom. The van der Waals surface area contributed by atoms with Crippen LogP contribution in [0.2, 0.25) is 0 Å². The molecule has 3 rings (SSSR count). The number of sulfone groups is 1. The number of aryl methyl sites for hydroxylation is 1. The minimum atomic E-state index is -3.35. The molecule has 31 heavy (non-hydrogen) atoms. The average Bonchev–Trinajstić information content (AvgIpc) is 2.73. The molecule has 2 aromatic carbocycles. The van der Waals surface area contributed by atoms with Gasteiger partial charge in [-0.05, 0) is 67.9 Å². The molecule has 0 amide bonds. The number of benzene rings is 2. The van der Waals surface area contributed by atoms with E-state index in [1.54, 1.807) is 6.07 Å². The Morgan fingerprint density at radius 3 is 2.39 bits per heavy atom. The van der Waals surface area contributed by atoms with Crippen molar-refractivity contribution >= 4 is 38.5 Å². The van der Waals surface area contributed by atoms with Gasteiger partial charge in [0.15, 0.2) is 14.9 Å². The van der Waals surface area contributed by atoms with Gasteiger partial charge < -0.3 is 16.0 Å². The lowest BCUT2D eigenvalue weighted by Gasteiger charge is -2.36. The topological polar surface area (TPSA) is 78.7 Å². The van der Waals surface area contributed by atoms with Gasteiger partial charge in [-0.3, -0.25) is 4.90 Å². The molecule has 0 saturated carbocycles. The van der Waals surface area contributed by atoms with E-state index in [1.165, 1.54) is 18.4 Å². The first-order valence-electron chi connectivity index (χ1n) is 10.7. The van der Waals surface area contributed by atoms with Crippen LogP contribution in [-0.4, -0.2) is 57.4 Å². The summed E-state index contributed by atoms with van der Waals surface area (Å²) in [4.78, 5) is 5.22. The number of piperazine rings is 1. The molecule has 1 saturated heterocycles. The Bertz CT molecular complexity index is 972. The zero-order valence-corrected chi connectivity index (χ0v) is 19.7. The van der Waals surface area contributed by atoms with Crippen LogP contribution in [0.15, 0.2) is 53.4 Å². The van der Waals surface area contributed by atoms with E-state index in [0.29, 0.717) is 5.69 Å². The summed E-state index contributed by atoms with van der Waals surface area (Å²) in [5.74, 6) is 0. The third kappa shape index (κ3) is 7.19. The normalized spacial score (nSPS) is 15.1. The molecule has 8 heteroatoms. The van der Waals surface area contributed by atoms with Crippen molar-refractivity contribution in [3.05, 3.63) is 54.1 Å². The van der Waals surface area contributed by atoms with Crippen LogP contribution in [0.25, 0.3) is 0 Å². The Kier molecular flexibility index (Phi) is 8.28. The second-order valence-corrected chi connectivity index (χ2v) is 10.5. The highest BCUT2D eigenvalue weighted by Gasteiger charge is 2.17. The maximum atomic E-state index is 12.0. The van der Waals surface area contributed by atoms with Gasteiger partial charge in [0, 0.05) is 38.1 Å². The van der Waals surface area contributed by atoms with Gasteiger partial charge >= 0.3 is 0 Å². The van der Waals surface area contributed by atoms with E-state index in [9.17, 15) is 8.42 Å². The monoisotopic (exact) mass is 460 g/mol. The smallest absolute Gasteiger partial charge is 0.177 e. The quantitative estimate of drug-likeness (QED) is 0.439. The van der Waals surface area contributed by atoms with Crippen molar-refractivity contribution in [1.29, 1.82) is 0 Å². The van der Waals surface area contributed by atoms with Gasteiger partial charge in [0.05, 0.1) is 10.6 Å². The fourth-order valence-electron chi connectivity index (χ4n) is 4.00. The molecule has 0 aliphatic carbocycles. The van der Waals surface area contributed by atoms with E-state index >= 15 is 0 Å². The number of nitrogens with two attached hydrogens (primary N) is 1. The SMILES string of the molecule is CS(=O)(=O)c1ccc(CCCCCN2CCN(c3ccccc3)CC2)cc1NC(N)=S. The number of hydrogen-bond acceptors (Lipinski definition) is 5. The van der Waals surface area contributed by atoms with Gasteiger partial charge in [0.2, 0.25) is 0 Å². The molecule has 0 unspecified atom stereocenters. The van der Waals surface area contributed by atoms with Gasteiger partial charge in [0.1, 0.15) is 0 Å². The maximum Gasteiger partial charge on any atom is 0.177 e. The summed E-state index contributed by atoms with van der Waals surface area (Å²) in [6.45, 7) is 5.50. The second-order valence-electron chi connectivity index (χ2n) is 8.07. The van der Waals surface area contributed by atoms with E-state index in [1.807, 2.05) is 12.1 Å². The summed E-state index contributed by atoms with van der Waals surface area (Å²) in [6, 6.07) is 16.0. The molecule has 168 valence electrons. The Labute approximate surface area is 191 Å². The molecule has 1 aliphatic rings. The molecule has 0 spiro atoms. The molecule has 0 bridgehead atoms. The highest BCUT2D eigenvalue weighted by Crippen LogP contribution is 2.24. The lowest BCUT2D eigenvalue weighted by atomic mass is 10.1. The fourth-order valence-corrected chi connectivity index (χ4v) is 4.93. The molecule has 0 atom stereocenters. The summed E-state index contributed by atoms with van der Waals surface area (Å²) >= 11 is 4.89. The van der Waals surface area contributed by atoms with E-state index in [-0.39, 0.29) is 10.0 Å². The number of hydrogen-bond donors (Lipinski definition) is 2. The maximum absolute atomic E-state index is 12.0. The minimum absolute atomic E-state index is 0.0643. The summed E-state index contributed by atoms with van der Waals surface area (Å²) in [5.41, 5.74) is 8.42. The minimum Gasteiger partial charge on any atom is -0.376 e. The van der Waals surface area contributed by atoms with Gasteiger partial charge in [0.25, 0.3) is 0 Å². The molecular formula is C23H32N4O2S2. The van der Waals surface area contributed by atoms with Crippen LogP contribution < -0.4 is 16.0 Å². The average molecular weight is 461 g/mol. The highest BCUT2D eigenvalue weighted by atomic mass is 32.2. The summed E-state index contributed by atoms with van der Waals surface area (Å²) in [5, 5.41) is 2.86. The van der Waals surface area contributed by atoms with E-state index in [0.717, 1.165) is 57.5 Å². The Balaban J connectivity index is 1.40. The van der Waals surface area contributed by atoms with Gasteiger partial charge in [-0.15, -0.1) is 0 Å². The third-order valence-corrected chi connectivity index (χ3v) is 6.89. The number of unbranched alkanes of at least 4 members (excludes halogenated alkanes) is 2. The lowest BCUT2D eigenvalue weighted by Crippen LogP contribution is -2.46. The largest absolute Gasteiger partial charge is 0.376 e. The van der Waals surface area contributed by atoms with Crippen LogP contribution in [-0.2, 0) is 16.3 Å². The fraction of sp³-hybridized carbons (Fsp3) is 0.435. The third-order valence-electron chi connectivity index (χ3n) is 5.63. The Morgan fingerprint density at radius 2 is 1.74 bits per heavy atom. The number of para-hydroxylation sites is 1. The van der Waals surface area contributed by atoms with E-state index in [4.69, 9.17) is 18.0 Å². The molecular weight excluding hydrogens is 428 g/mol. The number of thiocarbonyl (C=S) groups is 1. The molecule has 0 radical (unpaired) electrons. The number of anilines is 2. The first-order valence-corrected chi connectivity index (χ1v) is 13.0. The van der Waals surface area contributed by atoms with Gasteiger partial charge in [-0.25, -0.2) is 8.42 Å². The van der Waals surface area contributed by atoms with Crippen molar-refractivity contribution in [2.45, 2.75) is 30.6 Å². The highest BCUT2D eigenvalue weighted by molar-refractivity contribution is 7.90.